The Hall–Kier alpha value is -1.33. The Labute approximate surface area is 126 Å². The number of nitrogens with two attached hydrogens (primary N) is 2. The normalized spacial score (nSPS) is 21.2. The van der Waals surface area contributed by atoms with Crippen LogP contribution in [0.1, 0.15) is 61.9 Å². The van der Waals surface area contributed by atoms with Gasteiger partial charge in [0.2, 0.25) is 0 Å². The average Bonchev–Trinajstić information content (AvgIpc) is 2.68. The number of primary amides is 1. The Morgan fingerprint density at radius 1 is 1.43 bits per heavy atom. The van der Waals surface area contributed by atoms with Crippen molar-refractivity contribution in [3.8, 4) is 0 Å². The molecule has 118 valence electrons. The molecule has 5 nitrogen and oxygen atoms in total. The van der Waals surface area contributed by atoms with Gasteiger partial charge in [-0.15, -0.1) is 0 Å². The first-order valence-corrected chi connectivity index (χ1v) is 7.68. The zero-order chi connectivity index (χ0) is 15.6. The molecule has 1 aliphatic rings. The molecule has 0 aromatic carbocycles. The predicted molar refractivity (Wildman–Crippen MR) is 83.0 cm³/mol. The third kappa shape index (κ3) is 4.08. The summed E-state index contributed by atoms with van der Waals surface area (Å²) < 4.78 is 5.71. The number of carbonyl (C=O) groups excluding carboxylic acids is 1. The number of hydrogen-bond acceptors (Lipinski definition) is 4. The lowest BCUT2D eigenvalue weighted by atomic mass is 9.90. The van der Waals surface area contributed by atoms with Gasteiger partial charge in [0.05, 0.1) is 0 Å². The number of nitrogens with zero attached hydrogens (tertiary/aromatic N) is 1. The van der Waals surface area contributed by atoms with E-state index in [9.17, 15) is 4.79 Å². The summed E-state index contributed by atoms with van der Waals surface area (Å²) >= 11 is 0. The second kappa shape index (κ2) is 6.20. The van der Waals surface area contributed by atoms with Crippen molar-refractivity contribution in [2.24, 2.45) is 11.5 Å². The topological polar surface area (TPSA) is 85.5 Å². The van der Waals surface area contributed by atoms with E-state index in [1.54, 1.807) is 6.07 Å². The molecule has 0 radical (unpaired) electrons. The fourth-order valence-electron chi connectivity index (χ4n) is 2.94. The molecule has 1 amide bonds. The SMILES string of the molecule is CC(C)(C)c1oc(C(N)=O)cc1CN1CCCC[C@H](N)C1. The number of likely N-dealkylation sites (tertiary alicyclic amines) is 1. The molecule has 4 N–H and O–H groups in total. The summed E-state index contributed by atoms with van der Waals surface area (Å²) in [6.45, 7) is 8.92. The van der Waals surface area contributed by atoms with Crippen LogP contribution in [-0.4, -0.2) is 29.9 Å². The van der Waals surface area contributed by atoms with Gasteiger partial charge in [0.1, 0.15) is 5.76 Å². The zero-order valence-corrected chi connectivity index (χ0v) is 13.3. The van der Waals surface area contributed by atoms with Crippen LogP contribution in [0.15, 0.2) is 10.5 Å². The van der Waals surface area contributed by atoms with Gasteiger partial charge < -0.3 is 15.9 Å². The first kappa shape index (κ1) is 16.0. The van der Waals surface area contributed by atoms with Gasteiger partial charge in [-0.25, -0.2) is 0 Å². The Kier molecular flexibility index (Phi) is 4.74. The fraction of sp³-hybridized carbons (Fsp3) is 0.688. The molecule has 1 saturated heterocycles. The second-order valence-electron chi connectivity index (χ2n) is 7.07. The molecule has 0 spiro atoms. The summed E-state index contributed by atoms with van der Waals surface area (Å²) in [4.78, 5) is 13.7. The molecule has 1 fully saturated rings. The van der Waals surface area contributed by atoms with E-state index in [1.807, 2.05) is 0 Å². The van der Waals surface area contributed by atoms with Crippen LogP contribution in [0.5, 0.6) is 0 Å². The minimum Gasteiger partial charge on any atom is -0.455 e. The number of rotatable bonds is 3. The standard InChI is InChI=1S/C16H27N3O2/c1-16(2,3)14-11(8-13(21-14)15(18)20)9-19-7-5-4-6-12(17)10-19/h8,12H,4-7,9-10,17H2,1-3H3,(H2,18,20)/t12-/m0/s1. The summed E-state index contributed by atoms with van der Waals surface area (Å²) in [5, 5.41) is 0. The molecular weight excluding hydrogens is 266 g/mol. The van der Waals surface area contributed by atoms with Gasteiger partial charge in [-0.05, 0) is 25.5 Å². The largest absolute Gasteiger partial charge is 0.455 e. The number of carbonyl (C=O) groups is 1. The highest BCUT2D eigenvalue weighted by molar-refractivity contribution is 5.90. The van der Waals surface area contributed by atoms with Crippen LogP contribution in [0.4, 0.5) is 0 Å². The molecule has 1 aromatic heterocycles. The maximum Gasteiger partial charge on any atom is 0.284 e. The minimum atomic E-state index is -0.515. The first-order chi connectivity index (χ1) is 9.77. The molecule has 1 aromatic rings. The van der Waals surface area contributed by atoms with E-state index in [0.717, 1.165) is 37.4 Å². The van der Waals surface area contributed by atoms with Crippen LogP contribution in [0.2, 0.25) is 0 Å². The summed E-state index contributed by atoms with van der Waals surface area (Å²) in [7, 11) is 0. The smallest absolute Gasteiger partial charge is 0.284 e. The monoisotopic (exact) mass is 293 g/mol. The summed E-state index contributed by atoms with van der Waals surface area (Å²) in [6.07, 6.45) is 3.43. The molecule has 0 unspecified atom stereocenters. The van der Waals surface area contributed by atoms with E-state index < -0.39 is 5.91 Å². The van der Waals surface area contributed by atoms with E-state index >= 15 is 0 Å². The molecule has 2 rings (SSSR count). The molecule has 0 saturated carbocycles. The average molecular weight is 293 g/mol. The molecule has 1 aliphatic heterocycles. The van der Waals surface area contributed by atoms with Gasteiger partial charge >= 0.3 is 0 Å². The van der Waals surface area contributed by atoms with Crippen molar-refractivity contribution in [3.05, 3.63) is 23.2 Å². The minimum absolute atomic E-state index is 0.156. The third-order valence-corrected chi connectivity index (χ3v) is 3.92. The Morgan fingerprint density at radius 2 is 2.14 bits per heavy atom. The van der Waals surface area contributed by atoms with Crippen LogP contribution in [0, 0.1) is 0 Å². The maximum absolute atomic E-state index is 11.4. The molecule has 5 heteroatoms. The van der Waals surface area contributed by atoms with Gasteiger partial charge in [0.15, 0.2) is 5.76 Å². The van der Waals surface area contributed by atoms with Crippen molar-refractivity contribution < 1.29 is 9.21 Å². The molecular formula is C16H27N3O2. The van der Waals surface area contributed by atoms with Crippen molar-refractivity contribution in [1.82, 2.24) is 4.90 Å². The van der Waals surface area contributed by atoms with E-state index in [2.05, 4.69) is 25.7 Å². The van der Waals surface area contributed by atoms with E-state index in [1.165, 1.54) is 12.8 Å². The number of amides is 1. The first-order valence-electron chi connectivity index (χ1n) is 7.68. The highest BCUT2D eigenvalue weighted by atomic mass is 16.4. The van der Waals surface area contributed by atoms with E-state index in [4.69, 9.17) is 15.9 Å². The van der Waals surface area contributed by atoms with Gasteiger partial charge in [-0.2, -0.15) is 0 Å². The third-order valence-electron chi connectivity index (χ3n) is 3.92. The van der Waals surface area contributed by atoms with Crippen LogP contribution >= 0.6 is 0 Å². The van der Waals surface area contributed by atoms with Crippen molar-refractivity contribution in [2.75, 3.05) is 13.1 Å². The Bertz CT molecular complexity index is 502. The number of hydrogen-bond donors (Lipinski definition) is 2. The van der Waals surface area contributed by atoms with Gasteiger partial charge in [0, 0.05) is 30.1 Å². The molecule has 21 heavy (non-hydrogen) atoms. The quantitative estimate of drug-likeness (QED) is 0.892. The number of furan rings is 1. The lowest BCUT2D eigenvalue weighted by Crippen LogP contribution is -2.35. The second-order valence-corrected chi connectivity index (χ2v) is 7.07. The van der Waals surface area contributed by atoms with Crippen molar-refractivity contribution >= 4 is 5.91 Å². The van der Waals surface area contributed by atoms with Gasteiger partial charge in [-0.3, -0.25) is 9.69 Å². The van der Waals surface area contributed by atoms with Crippen LogP contribution in [0.25, 0.3) is 0 Å². The zero-order valence-electron chi connectivity index (χ0n) is 13.3. The molecule has 1 atom stereocenters. The van der Waals surface area contributed by atoms with E-state index in [-0.39, 0.29) is 17.2 Å². The van der Waals surface area contributed by atoms with Crippen LogP contribution in [0.3, 0.4) is 0 Å². The fourth-order valence-corrected chi connectivity index (χ4v) is 2.94. The lowest BCUT2D eigenvalue weighted by Gasteiger charge is -2.24. The summed E-state index contributed by atoms with van der Waals surface area (Å²) in [6, 6.07) is 2.02. The van der Waals surface area contributed by atoms with Crippen molar-refractivity contribution in [1.29, 1.82) is 0 Å². The molecule has 0 aliphatic carbocycles. The summed E-state index contributed by atoms with van der Waals surface area (Å²) in [5.74, 6) is 0.572. The van der Waals surface area contributed by atoms with E-state index in [0.29, 0.717) is 0 Å². The summed E-state index contributed by atoms with van der Waals surface area (Å²) in [5.41, 5.74) is 12.4. The van der Waals surface area contributed by atoms with Crippen LogP contribution in [-0.2, 0) is 12.0 Å². The lowest BCUT2D eigenvalue weighted by molar-refractivity contribution is 0.0970. The van der Waals surface area contributed by atoms with Crippen molar-refractivity contribution in [2.45, 2.75) is 58.0 Å². The van der Waals surface area contributed by atoms with Gasteiger partial charge in [-0.1, -0.05) is 27.2 Å². The van der Waals surface area contributed by atoms with Gasteiger partial charge in [0.25, 0.3) is 5.91 Å². The van der Waals surface area contributed by atoms with Crippen LogP contribution < -0.4 is 11.5 Å². The Morgan fingerprint density at radius 3 is 2.76 bits per heavy atom. The predicted octanol–water partition coefficient (Wildman–Crippen LogP) is 1.99. The maximum atomic E-state index is 11.4. The molecule has 0 bridgehead atoms. The van der Waals surface area contributed by atoms with Crippen molar-refractivity contribution in [3.63, 3.8) is 0 Å². The highest BCUT2D eigenvalue weighted by Crippen LogP contribution is 2.30. The Balaban J connectivity index is 2.23. The molecule has 2 heterocycles. The highest BCUT2D eigenvalue weighted by Gasteiger charge is 2.27.